The van der Waals surface area contributed by atoms with Gasteiger partial charge >= 0.3 is 0 Å². The van der Waals surface area contributed by atoms with Crippen LogP contribution in [-0.2, 0) is 4.79 Å². The van der Waals surface area contributed by atoms with Gasteiger partial charge in [0.2, 0.25) is 0 Å². The fourth-order valence-electron chi connectivity index (χ4n) is 2.28. The first-order chi connectivity index (χ1) is 10.9. The van der Waals surface area contributed by atoms with E-state index in [0.29, 0.717) is 11.3 Å². The number of hydrogen-bond acceptors (Lipinski definition) is 1. The van der Waals surface area contributed by atoms with Crippen molar-refractivity contribution in [2.75, 3.05) is 5.32 Å². The van der Waals surface area contributed by atoms with Gasteiger partial charge in [-0.15, -0.1) is 0 Å². The molecule has 0 fully saturated rings. The Morgan fingerprint density at radius 1 is 1.00 bits per heavy atom. The molecule has 0 unspecified atom stereocenters. The second-order valence-electron chi connectivity index (χ2n) is 5.43. The van der Waals surface area contributed by atoms with E-state index in [-0.39, 0.29) is 17.8 Å². The van der Waals surface area contributed by atoms with Crippen LogP contribution in [0.2, 0.25) is 0 Å². The third kappa shape index (κ3) is 4.56. The summed E-state index contributed by atoms with van der Waals surface area (Å²) in [6.45, 7) is 3.41. The van der Waals surface area contributed by atoms with Gasteiger partial charge in [0, 0.05) is 17.3 Å². The van der Waals surface area contributed by atoms with E-state index in [1.807, 2.05) is 0 Å². The molecule has 0 spiro atoms. The molecule has 2 aromatic rings. The van der Waals surface area contributed by atoms with Crippen LogP contribution in [0.1, 0.15) is 25.5 Å². The van der Waals surface area contributed by atoms with Crippen LogP contribution in [0.3, 0.4) is 0 Å². The number of halogens is 3. The van der Waals surface area contributed by atoms with Crippen LogP contribution in [0.15, 0.2) is 42.5 Å². The number of amides is 1. The van der Waals surface area contributed by atoms with Gasteiger partial charge in [-0.1, -0.05) is 0 Å². The summed E-state index contributed by atoms with van der Waals surface area (Å²) < 4.78 is 39.5. The summed E-state index contributed by atoms with van der Waals surface area (Å²) >= 11 is 0. The van der Waals surface area contributed by atoms with E-state index in [2.05, 4.69) is 5.32 Å². The molecule has 0 aliphatic heterocycles. The maximum atomic E-state index is 13.7. The van der Waals surface area contributed by atoms with Gasteiger partial charge in [0.05, 0.1) is 0 Å². The lowest BCUT2D eigenvalue weighted by molar-refractivity contribution is -0.710. The molecular weight excluding hydrogens is 305 g/mol. The number of carbonyl (C=O) groups is 1. The number of carbonyl (C=O) groups excluding carboxylic acids is 1. The van der Waals surface area contributed by atoms with Crippen LogP contribution >= 0.6 is 0 Å². The highest BCUT2D eigenvalue weighted by molar-refractivity contribution is 5.93. The summed E-state index contributed by atoms with van der Waals surface area (Å²) in [6, 6.07) is 7.95. The molecule has 0 aliphatic rings. The summed E-state index contributed by atoms with van der Waals surface area (Å²) in [5.41, 5.74) is 0.810. The molecule has 3 nitrogen and oxygen atoms in total. The molecule has 0 saturated carbocycles. The van der Waals surface area contributed by atoms with Crippen LogP contribution in [0, 0.1) is 17.5 Å². The molecule has 0 radical (unpaired) electrons. The van der Waals surface area contributed by atoms with Crippen molar-refractivity contribution >= 4 is 11.6 Å². The largest absolute Gasteiger partial charge is 0.330 e. The van der Waals surface area contributed by atoms with Gasteiger partial charge < -0.3 is 10.6 Å². The molecule has 0 aromatic heterocycles. The molecule has 2 aromatic carbocycles. The van der Waals surface area contributed by atoms with Crippen LogP contribution in [-0.4, -0.2) is 11.9 Å². The van der Waals surface area contributed by atoms with Crippen LogP contribution in [0.4, 0.5) is 18.9 Å². The second-order valence-corrected chi connectivity index (χ2v) is 5.43. The normalized spacial score (nSPS) is 13.4. The second kappa shape index (κ2) is 7.28. The Morgan fingerprint density at radius 2 is 1.61 bits per heavy atom. The van der Waals surface area contributed by atoms with E-state index in [1.54, 1.807) is 19.2 Å². The molecule has 0 heterocycles. The maximum Gasteiger partial charge on any atom is 0.282 e. The van der Waals surface area contributed by atoms with Gasteiger partial charge in [-0.25, -0.2) is 13.2 Å². The van der Waals surface area contributed by atoms with Crippen molar-refractivity contribution in [2.24, 2.45) is 0 Å². The Bertz CT molecular complexity index is 689. The smallest absolute Gasteiger partial charge is 0.282 e. The number of nitrogens with one attached hydrogen (secondary N) is 1. The highest BCUT2D eigenvalue weighted by Crippen LogP contribution is 2.15. The Labute approximate surface area is 132 Å². The lowest BCUT2D eigenvalue weighted by Crippen LogP contribution is -2.91. The Hall–Kier alpha value is -2.34. The van der Waals surface area contributed by atoms with Crippen molar-refractivity contribution in [1.29, 1.82) is 0 Å². The van der Waals surface area contributed by atoms with E-state index < -0.39 is 17.7 Å². The standard InChI is InChI=1S/C17H17F3N2O/c1-10(15-8-5-13(19)9-16(15)20)21-11(2)17(23)22-14-6-3-12(18)4-7-14/h3-11,21H,1-2H3,(H,22,23)/p+1/t10-,11+/m0/s1. The van der Waals surface area contributed by atoms with Gasteiger partial charge in [-0.2, -0.15) is 0 Å². The Kier molecular flexibility index (Phi) is 5.39. The third-order valence-electron chi connectivity index (χ3n) is 3.56. The van der Waals surface area contributed by atoms with Crippen molar-refractivity contribution < 1.29 is 23.3 Å². The van der Waals surface area contributed by atoms with Crippen molar-refractivity contribution in [1.82, 2.24) is 0 Å². The summed E-state index contributed by atoms with van der Waals surface area (Å²) in [6.07, 6.45) is 0. The summed E-state index contributed by atoms with van der Waals surface area (Å²) in [7, 11) is 0. The molecule has 2 rings (SSSR count). The predicted molar refractivity (Wildman–Crippen MR) is 81.2 cm³/mol. The van der Waals surface area contributed by atoms with Crippen molar-refractivity contribution in [2.45, 2.75) is 25.9 Å². The van der Waals surface area contributed by atoms with Crippen LogP contribution in [0.25, 0.3) is 0 Å². The van der Waals surface area contributed by atoms with Crippen molar-refractivity contribution in [3.63, 3.8) is 0 Å². The SMILES string of the molecule is C[C@H]([NH2+][C@H](C)C(=O)Nc1ccc(F)cc1)c1ccc(F)cc1F. The first-order valence-electron chi connectivity index (χ1n) is 7.23. The Balaban J connectivity index is 1.98. The number of quaternary nitrogens is 1. The van der Waals surface area contributed by atoms with Crippen molar-refractivity contribution in [3.05, 3.63) is 65.5 Å². The van der Waals surface area contributed by atoms with E-state index >= 15 is 0 Å². The van der Waals surface area contributed by atoms with Crippen molar-refractivity contribution in [3.8, 4) is 0 Å². The van der Waals surface area contributed by atoms with Gasteiger partial charge in [-0.05, 0) is 50.2 Å². The van der Waals surface area contributed by atoms with E-state index in [1.165, 1.54) is 36.4 Å². The Morgan fingerprint density at radius 3 is 2.22 bits per heavy atom. The quantitative estimate of drug-likeness (QED) is 0.873. The zero-order valence-electron chi connectivity index (χ0n) is 12.8. The molecule has 23 heavy (non-hydrogen) atoms. The first kappa shape index (κ1) is 17.0. The minimum atomic E-state index is -0.639. The monoisotopic (exact) mass is 323 g/mol. The fourth-order valence-corrected chi connectivity index (χ4v) is 2.28. The summed E-state index contributed by atoms with van der Waals surface area (Å²) in [4.78, 5) is 12.1. The third-order valence-corrected chi connectivity index (χ3v) is 3.56. The lowest BCUT2D eigenvalue weighted by Gasteiger charge is -2.17. The van der Waals surface area contributed by atoms with Crippen LogP contribution < -0.4 is 10.6 Å². The first-order valence-corrected chi connectivity index (χ1v) is 7.23. The topological polar surface area (TPSA) is 45.7 Å². The number of nitrogens with two attached hydrogens (primary N) is 1. The van der Waals surface area contributed by atoms with E-state index in [4.69, 9.17) is 0 Å². The van der Waals surface area contributed by atoms with Gasteiger partial charge in [0.25, 0.3) is 5.91 Å². The summed E-state index contributed by atoms with van der Waals surface area (Å²) in [5.74, 6) is -1.95. The number of hydrogen-bond donors (Lipinski definition) is 2. The molecule has 0 bridgehead atoms. The minimum absolute atomic E-state index is 0.286. The van der Waals surface area contributed by atoms with Gasteiger partial charge in [-0.3, -0.25) is 4.79 Å². The zero-order valence-corrected chi connectivity index (χ0v) is 12.8. The minimum Gasteiger partial charge on any atom is -0.330 e. The maximum absolute atomic E-state index is 13.7. The zero-order chi connectivity index (χ0) is 17.0. The molecule has 3 N–H and O–H groups in total. The summed E-state index contributed by atoms with van der Waals surface area (Å²) in [5, 5.41) is 4.33. The molecule has 2 atom stereocenters. The number of benzene rings is 2. The van der Waals surface area contributed by atoms with E-state index in [9.17, 15) is 18.0 Å². The van der Waals surface area contributed by atoms with E-state index in [0.717, 1.165) is 6.07 Å². The predicted octanol–water partition coefficient (Wildman–Crippen LogP) is 2.76. The highest BCUT2D eigenvalue weighted by atomic mass is 19.1. The molecule has 0 aliphatic carbocycles. The lowest BCUT2D eigenvalue weighted by atomic mass is 10.1. The molecule has 1 amide bonds. The van der Waals surface area contributed by atoms with Crippen LogP contribution in [0.5, 0.6) is 0 Å². The fraction of sp³-hybridized carbons (Fsp3) is 0.235. The molecule has 0 saturated heterocycles. The molecular formula is C17H18F3N2O+. The average molecular weight is 323 g/mol. The van der Waals surface area contributed by atoms with Gasteiger partial charge in [0.1, 0.15) is 23.5 Å². The number of anilines is 1. The highest BCUT2D eigenvalue weighted by Gasteiger charge is 2.22. The molecule has 122 valence electrons. The number of rotatable bonds is 5. The molecule has 6 heteroatoms. The average Bonchev–Trinajstić information content (AvgIpc) is 2.49. The van der Waals surface area contributed by atoms with Gasteiger partial charge in [0.15, 0.2) is 6.04 Å².